The molecular weight excluding hydrogens is 552 g/mol. The minimum Gasteiger partial charge on any atom is -0.456 e. The maximum Gasteiger partial charge on any atom is 0.177 e. The second-order valence-corrected chi connectivity index (χ2v) is 11.7. The molecule has 45 heavy (non-hydrogen) atoms. The average molecular weight is 577 g/mol. The summed E-state index contributed by atoms with van der Waals surface area (Å²) in [7, 11) is 0. The molecule has 0 saturated heterocycles. The van der Waals surface area contributed by atoms with Crippen molar-refractivity contribution >= 4 is 54.3 Å². The molecule has 10 rings (SSSR count). The predicted octanol–water partition coefficient (Wildman–Crippen LogP) is 12.3. The lowest BCUT2D eigenvalue weighted by Gasteiger charge is -2.23. The molecule has 3 heteroatoms. The van der Waals surface area contributed by atoms with Gasteiger partial charge in [0.15, 0.2) is 23.0 Å². The van der Waals surface area contributed by atoms with Crippen LogP contribution in [0.15, 0.2) is 150 Å². The molecule has 0 amide bonds. The number of hydrogen-bond donors (Lipinski definition) is 0. The molecule has 8 aromatic carbocycles. The zero-order valence-electron chi connectivity index (χ0n) is 24.1. The molecule has 0 saturated carbocycles. The highest BCUT2D eigenvalue weighted by Crippen LogP contribution is 2.51. The number of ether oxygens (including phenoxy) is 2. The SMILES string of the molecule is c1ccc2c(c1)Oc1cc(-c3ccc4cc(-c5ccc6c(c5)oc5ccc7ccccc7c56)ccc4c3)c3ccccc3c1O2. The fourth-order valence-electron chi connectivity index (χ4n) is 6.91. The van der Waals surface area contributed by atoms with Crippen LogP contribution in [0.5, 0.6) is 23.0 Å². The van der Waals surface area contributed by atoms with E-state index in [0.717, 1.165) is 72.6 Å². The van der Waals surface area contributed by atoms with Gasteiger partial charge in [0.05, 0.1) is 0 Å². The van der Waals surface area contributed by atoms with Gasteiger partial charge in [-0.05, 0) is 97.7 Å². The molecule has 2 heterocycles. The third-order valence-corrected chi connectivity index (χ3v) is 9.09. The van der Waals surface area contributed by atoms with E-state index in [-0.39, 0.29) is 0 Å². The number of furan rings is 1. The Hall–Kier alpha value is -6.06. The molecule has 0 N–H and O–H groups in total. The summed E-state index contributed by atoms with van der Waals surface area (Å²) in [5.74, 6) is 2.95. The van der Waals surface area contributed by atoms with Crippen LogP contribution >= 0.6 is 0 Å². The molecule has 9 aromatic rings. The van der Waals surface area contributed by atoms with E-state index in [0.29, 0.717) is 0 Å². The van der Waals surface area contributed by atoms with Gasteiger partial charge in [-0.1, -0.05) is 97.1 Å². The Morgan fingerprint density at radius 3 is 1.87 bits per heavy atom. The van der Waals surface area contributed by atoms with E-state index < -0.39 is 0 Å². The predicted molar refractivity (Wildman–Crippen MR) is 184 cm³/mol. The van der Waals surface area contributed by atoms with Crippen LogP contribution in [0.4, 0.5) is 0 Å². The minimum atomic E-state index is 0.728. The third kappa shape index (κ3) is 3.71. The van der Waals surface area contributed by atoms with Gasteiger partial charge in [0.25, 0.3) is 0 Å². The summed E-state index contributed by atoms with van der Waals surface area (Å²) >= 11 is 0. The molecule has 1 aromatic heterocycles. The molecule has 0 aliphatic carbocycles. The van der Waals surface area contributed by atoms with Crippen molar-refractivity contribution in [3.8, 4) is 45.3 Å². The van der Waals surface area contributed by atoms with Crippen LogP contribution in [-0.2, 0) is 0 Å². The molecule has 0 atom stereocenters. The lowest BCUT2D eigenvalue weighted by Crippen LogP contribution is -2.00. The van der Waals surface area contributed by atoms with Gasteiger partial charge in [-0.3, -0.25) is 0 Å². The highest BCUT2D eigenvalue weighted by molar-refractivity contribution is 6.19. The van der Waals surface area contributed by atoms with Crippen molar-refractivity contribution in [2.45, 2.75) is 0 Å². The Morgan fingerprint density at radius 1 is 0.356 bits per heavy atom. The second kappa shape index (κ2) is 9.22. The first kappa shape index (κ1) is 24.4. The van der Waals surface area contributed by atoms with Crippen LogP contribution in [-0.4, -0.2) is 0 Å². The maximum atomic E-state index is 6.35. The van der Waals surface area contributed by atoms with Gasteiger partial charge < -0.3 is 13.9 Å². The Kier molecular flexibility index (Phi) is 5.00. The van der Waals surface area contributed by atoms with E-state index in [9.17, 15) is 0 Å². The summed E-state index contributed by atoms with van der Waals surface area (Å²) in [4.78, 5) is 0. The van der Waals surface area contributed by atoms with Crippen LogP contribution in [0.25, 0.3) is 76.5 Å². The van der Waals surface area contributed by atoms with E-state index in [2.05, 4.69) is 115 Å². The Balaban J connectivity index is 1.06. The summed E-state index contributed by atoms with van der Waals surface area (Å²) in [6, 6.07) is 50.9. The van der Waals surface area contributed by atoms with Crippen molar-refractivity contribution < 1.29 is 13.9 Å². The van der Waals surface area contributed by atoms with Crippen molar-refractivity contribution in [2.24, 2.45) is 0 Å². The summed E-state index contributed by atoms with van der Waals surface area (Å²) in [6.45, 7) is 0. The lowest BCUT2D eigenvalue weighted by molar-refractivity contribution is 0.363. The Labute approximate surface area is 258 Å². The summed E-state index contributed by atoms with van der Waals surface area (Å²) in [5, 5.41) is 9.28. The quantitative estimate of drug-likeness (QED) is 0.205. The van der Waals surface area contributed by atoms with E-state index in [4.69, 9.17) is 13.9 Å². The first-order valence-electron chi connectivity index (χ1n) is 15.2. The fourth-order valence-corrected chi connectivity index (χ4v) is 6.91. The van der Waals surface area contributed by atoms with Crippen LogP contribution < -0.4 is 9.47 Å². The number of hydrogen-bond acceptors (Lipinski definition) is 3. The number of fused-ring (bicyclic) bond motifs is 10. The van der Waals surface area contributed by atoms with Gasteiger partial charge in [-0.2, -0.15) is 0 Å². The summed E-state index contributed by atoms with van der Waals surface area (Å²) in [6.07, 6.45) is 0. The molecule has 0 spiro atoms. The van der Waals surface area contributed by atoms with Crippen LogP contribution in [0.1, 0.15) is 0 Å². The zero-order chi connectivity index (χ0) is 29.5. The monoisotopic (exact) mass is 576 g/mol. The Morgan fingerprint density at radius 2 is 1.00 bits per heavy atom. The van der Waals surface area contributed by atoms with E-state index >= 15 is 0 Å². The lowest BCUT2D eigenvalue weighted by atomic mass is 9.94. The first-order chi connectivity index (χ1) is 22.3. The van der Waals surface area contributed by atoms with E-state index in [1.54, 1.807) is 0 Å². The molecule has 1 aliphatic heterocycles. The standard InChI is InChI=1S/C42H24O3/c1-2-8-31-25(7-1)18-20-38-41(31)34-19-17-29(23-39(34)44-38)27-13-14-28-22-30(16-15-26(28)21-27)35-24-40-42(33-10-4-3-9-32(33)35)45-37-12-6-5-11-36(37)43-40/h1-24H. The fraction of sp³-hybridized carbons (Fsp3) is 0. The smallest absolute Gasteiger partial charge is 0.177 e. The molecule has 210 valence electrons. The summed E-state index contributed by atoms with van der Waals surface area (Å²) < 4.78 is 19.0. The molecule has 0 unspecified atom stereocenters. The molecule has 1 aliphatic rings. The van der Waals surface area contributed by atoms with Gasteiger partial charge in [0.1, 0.15) is 11.2 Å². The molecule has 0 radical (unpaired) electrons. The zero-order valence-corrected chi connectivity index (χ0v) is 24.1. The van der Waals surface area contributed by atoms with Gasteiger partial charge in [0.2, 0.25) is 0 Å². The molecule has 3 nitrogen and oxygen atoms in total. The van der Waals surface area contributed by atoms with Crippen LogP contribution in [0, 0.1) is 0 Å². The number of para-hydroxylation sites is 2. The molecular formula is C42H24O3. The van der Waals surface area contributed by atoms with Crippen molar-refractivity contribution in [3.63, 3.8) is 0 Å². The Bertz CT molecular complexity index is 2660. The number of benzene rings is 8. The van der Waals surface area contributed by atoms with Gasteiger partial charge >= 0.3 is 0 Å². The highest BCUT2D eigenvalue weighted by atomic mass is 16.6. The van der Waals surface area contributed by atoms with Gasteiger partial charge in [0, 0.05) is 16.2 Å². The van der Waals surface area contributed by atoms with Crippen LogP contribution in [0.3, 0.4) is 0 Å². The van der Waals surface area contributed by atoms with Gasteiger partial charge in [-0.25, -0.2) is 0 Å². The topological polar surface area (TPSA) is 31.6 Å². The molecule has 0 bridgehead atoms. The van der Waals surface area contributed by atoms with E-state index in [1.807, 2.05) is 30.3 Å². The van der Waals surface area contributed by atoms with E-state index in [1.165, 1.54) is 26.9 Å². The normalized spacial score (nSPS) is 12.4. The van der Waals surface area contributed by atoms with Crippen LogP contribution in [0.2, 0.25) is 0 Å². The second-order valence-electron chi connectivity index (χ2n) is 11.7. The third-order valence-electron chi connectivity index (χ3n) is 9.09. The van der Waals surface area contributed by atoms with Crippen molar-refractivity contribution in [1.82, 2.24) is 0 Å². The highest BCUT2D eigenvalue weighted by Gasteiger charge is 2.23. The average Bonchev–Trinajstić information content (AvgIpc) is 3.48. The summed E-state index contributed by atoms with van der Waals surface area (Å²) in [5.41, 5.74) is 6.36. The largest absolute Gasteiger partial charge is 0.456 e. The number of rotatable bonds is 2. The van der Waals surface area contributed by atoms with Crippen molar-refractivity contribution in [2.75, 3.05) is 0 Å². The first-order valence-corrected chi connectivity index (χ1v) is 15.2. The van der Waals surface area contributed by atoms with Crippen molar-refractivity contribution in [1.29, 1.82) is 0 Å². The molecule has 0 fully saturated rings. The maximum absolute atomic E-state index is 6.35. The minimum absolute atomic E-state index is 0.728. The van der Waals surface area contributed by atoms with Crippen molar-refractivity contribution in [3.05, 3.63) is 146 Å². The van der Waals surface area contributed by atoms with Gasteiger partial charge in [-0.15, -0.1) is 0 Å².